The van der Waals surface area contributed by atoms with Gasteiger partial charge in [0.15, 0.2) is 5.16 Å². The Kier molecular flexibility index (Phi) is 6.81. The second kappa shape index (κ2) is 9.91. The van der Waals surface area contributed by atoms with Gasteiger partial charge >= 0.3 is 0 Å². The molecule has 0 atom stereocenters. The number of benzene rings is 2. The normalized spacial score (nSPS) is 14.8. The van der Waals surface area contributed by atoms with Crippen molar-refractivity contribution in [3.63, 3.8) is 0 Å². The summed E-state index contributed by atoms with van der Waals surface area (Å²) in [7, 11) is 0. The number of carbonyl (C=O) groups is 1. The Bertz CT molecular complexity index is 952. The summed E-state index contributed by atoms with van der Waals surface area (Å²) in [5.74, 6) is 1.46. The van der Waals surface area contributed by atoms with Crippen LogP contribution in [0.2, 0.25) is 0 Å². The summed E-state index contributed by atoms with van der Waals surface area (Å²) in [4.78, 5) is 16.3. The Balaban J connectivity index is 1.27. The van der Waals surface area contributed by atoms with Gasteiger partial charge in [-0.05, 0) is 12.5 Å². The number of carbonyl (C=O) groups excluding carboxylic acids is 1. The predicted octanol–water partition coefficient (Wildman–Crippen LogP) is 1.65. The molecule has 0 bridgehead atoms. The van der Waals surface area contributed by atoms with E-state index >= 15 is 0 Å². The van der Waals surface area contributed by atoms with Crippen LogP contribution in [0.1, 0.15) is 17.0 Å². The summed E-state index contributed by atoms with van der Waals surface area (Å²) in [6, 6.07) is 20.8. The summed E-state index contributed by atoms with van der Waals surface area (Å²) in [6.45, 7) is 7.32. The molecule has 2 aromatic carbocycles. The number of piperazine rings is 1. The molecular formula is C23H28N5OS+. The van der Waals surface area contributed by atoms with Gasteiger partial charge in [0.05, 0.1) is 38.5 Å². The number of nitrogens with one attached hydrogen (secondary N) is 1. The molecule has 3 aromatic rings. The van der Waals surface area contributed by atoms with E-state index in [1.54, 1.807) is 0 Å². The van der Waals surface area contributed by atoms with E-state index in [1.807, 2.05) is 30.0 Å². The smallest absolute Gasteiger partial charge is 0.233 e. The van der Waals surface area contributed by atoms with E-state index in [0.717, 1.165) is 50.2 Å². The number of rotatable bonds is 7. The van der Waals surface area contributed by atoms with Crippen molar-refractivity contribution in [3.8, 4) is 0 Å². The van der Waals surface area contributed by atoms with E-state index in [2.05, 4.69) is 57.2 Å². The highest BCUT2D eigenvalue weighted by Crippen LogP contribution is 2.19. The van der Waals surface area contributed by atoms with Gasteiger partial charge in [-0.2, -0.15) is 0 Å². The standard InChI is InChI=1S/C23H27N5OS/c1-19-24-25-23(28(19)17-21-10-6-3-7-11-21)30-18-22(29)27-14-12-26(13-15-27)16-20-8-4-2-5-9-20/h2-11H,12-18H2,1H3/p+1. The summed E-state index contributed by atoms with van der Waals surface area (Å²) >= 11 is 1.48. The van der Waals surface area contributed by atoms with E-state index in [1.165, 1.54) is 27.8 Å². The zero-order valence-electron chi connectivity index (χ0n) is 17.3. The van der Waals surface area contributed by atoms with Gasteiger partial charge < -0.3 is 14.4 Å². The van der Waals surface area contributed by atoms with Crippen LogP contribution in [0.25, 0.3) is 0 Å². The van der Waals surface area contributed by atoms with Crippen LogP contribution in [0.5, 0.6) is 0 Å². The molecule has 4 rings (SSSR count). The van der Waals surface area contributed by atoms with Crippen molar-refractivity contribution in [3.05, 3.63) is 77.6 Å². The molecule has 1 N–H and O–H groups in total. The third-order valence-electron chi connectivity index (χ3n) is 5.53. The van der Waals surface area contributed by atoms with Crippen molar-refractivity contribution < 1.29 is 9.69 Å². The highest BCUT2D eigenvalue weighted by molar-refractivity contribution is 7.99. The molecule has 1 aromatic heterocycles. The molecule has 0 spiro atoms. The van der Waals surface area contributed by atoms with E-state index in [0.29, 0.717) is 5.75 Å². The molecule has 6 nitrogen and oxygen atoms in total. The summed E-state index contributed by atoms with van der Waals surface area (Å²) in [6.07, 6.45) is 0. The zero-order chi connectivity index (χ0) is 20.8. The van der Waals surface area contributed by atoms with Crippen LogP contribution in [0.3, 0.4) is 0 Å². The molecule has 1 amide bonds. The second-order valence-corrected chi connectivity index (χ2v) is 8.63. The first-order chi connectivity index (χ1) is 14.7. The quantitative estimate of drug-likeness (QED) is 0.589. The molecule has 7 heteroatoms. The van der Waals surface area contributed by atoms with Crippen molar-refractivity contribution in [2.24, 2.45) is 0 Å². The SMILES string of the molecule is Cc1nnc(SCC(=O)N2CC[NH+](Cc3ccccc3)CC2)n1Cc1ccccc1. The van der Waals surface area contributed by atoms with Gasteiger partial charge in [0.1, 0.15) is 12.4 Å². The second-order valence-electron chi connectivity index (χ2n) is 7.68. The topological polar surface area (TPSA) is 55.5 Å². The van der Waals surface area contributed by atoms with Gasteiger partial charge in [0, 0.05) is 5.56 Å². The van der Waals surface area contributed by atoms with Crippen LogP contribution in [0, 0.1) is 6.92 Å². The lowest BCUT2D eigenvalue weighted by Crippen LogP contribution is -3.13. The van der Waals surface area contributed by atoms with Crippen LogP contribution in [-0.2, 0) is 17.9 Å². The Morgan fingerprint density at radius 3 is 2.27 bits per heavy atom. The minimum Gasteiger partial charge on any atom is -0.331 e. The fourth-order valence-electron chi connectivity index (χ4n) is 3.77. The average molecular weight is 423 g/mol. The zero-order valence-corrected chi connectivity index (χ0v) is 18.1. The predicted molar refractivity (Wildman–Crippen MR) is 118 cm³/mol. The highest BCUT2D eigenvalue weighted by atomic mass is 32.2. The molecule has 1 saturated heterocycles. The third kappa shape index (κ3) is 5.29. The number of quaternary nitrogens is 1. The van der Waals surface area contributed by atoms with Crippen LogP contribution >= 0.6 is 11.8 Å². The summed E-state index contributed by atoms with van der Waals surface area (Å²) in [5, 5.41) is 9.31. The molecule has 0 saturated carbocycles. The maximum Gasteiger partial charge on any atom is 0.233 e. The minimum atomic E-state index is 0.186. The largest absolute Gasteiger partial charge is 0.331 e. The van der Waals surface area contributed by atoms with Crippen molar-refractivity contribution in [1.29, 1.82) is 0 Å². The summed E-state index contributed by atoms with van der Waals surface area (Å²) in [5.41, 5.74) is 2.56. The van der Waals surface area contributed by atoms with Gasteiger partial charge in [0.25, 0.3) is 0 Å². The third-order valence-corrected chi connectivity index (χ3v) is 6.48. The van der Waals surface area contributed by atoms with Crippen molar-refractivity contribution in [1.82, 2.24) is 19.7 Å². The van der Waals surface area contributed by atoms with E-state index in [4.69, 9.17) is 0 Å². The number of nitrogens with zero attached hydrogens (tertiary/aromatic N) is 4. The van der Waals surface area contributed by atoms with E-state index in [-0.39, 0.29) is 5.91 Å². The van der Waals surface area contributed by atoms with E-state index in [9.17, 15) is 4.79 Å². The molecule has 0 aliphatic carbocycles. The van der Waals surface area contributed by atoms with Crippen molar-refractivity contribution in [2.45, 2.75) is 25.2 Å². The van der Waals surface area contributed by atoms with E-state index < -0.39 is 0 Å². The van der Waals surface area contributed by atoms with Crippen LogP contribution in [0.4, 0.5) is 0 Å². The first kappa shape index (κ1) is 20.6. The lowest BCUT2D eigenvalue weighted by Gasteiger charge is -2.32. The Labute approximate surface area is 181 Å². The molecule has 0 unspecified atom stereocenters. The van der Waals surface area contributed by atoms with Crippen LogP contribution < -0.4 is 4.90 Å². The fraction of sp³-hybridized carbons (Fsp3) is 0.348. The summed E-state index contributed by atoms with van der Waals surface area (Å²) < 4.78 is 2.08. The number of hydrogen-bond acceptors (Lipinski definition) is 4. The number of thioether (sulfide) groups is 1. The van der Waals surface area contributed by atoms with Gasteiger partial charge in [-0.15, -0.1) is 10.2 Å². The number of aryl methyl sites for hydroxylation is 1. The lowest BCUT2D eigenvalue weighted by atomic mass is 10.2. The Morgan fingerprint density at radius 2 is 1.60 bits per heavy atom. The molecule has 1 fully saturated rings. The highest BCUT2D eigenvalue weighted by Gasteiger charge is 2.24. The average Bonchev–Trinajstić information content (AvgIpc) is 3.13. The molecule has 0 radical (unpaired) electrons. The number of amides is 1. The maximum absolute atomic E-state index is 12.8. The molecule has 1 aliphatic rings. The van der Waals surface area contributed by atoms with Gasteiger partial charge in [-0.3, -0.25) is 4.79 Å². The molecule has 2 heterocycles. The van der Waals surface area contributed by atoms with Gasteiger partial charge in [0.2, 0.25) is 5.91 Å². The first-order valence-corrected chi connectivity index (χ1v) is 11.4. The molecule has 156 valence electrons. The maximum atomic E-state index is 12.8. The lowest BCUT2D eigenvalue weighted by molar-refractivity contribution is -0.917. The monoisotopic (exact) mass is 422 g/mol. The number of aromatic nitrogens is 3. The molecule has 1 aliphatic heterocycles. The molecule has 30 heavy (non-hydrogen) atoms. The van der Waals surface area contributed by atoms with Gasteiger partial charge in [-0.25, -0.2) is 0 Å². The van der Waals surface area contributed by atoms with Crippen molar-refractivity contribution in [2.75, 3.05) is 31.9 Å². The first-order valence-electron chi connectivity index (χ1n) is 10.4. The van der Waals surface area contributed by atoms with Crippen LogP contribution in [0.15, 0.2) is 65.8 Å². The number of hydrogen-bond donors (Lipinski definition) is 1. The molecular weight excluding hydrogens is 394 g/mol. The Hall–Kier alpha value is -2.64. The van der Waals surface area contributed by atoms with Crippen molar-refractivity contribution >= 4 is 17.7 Å². The van der Waals surface area contributed by atoms with Gasteiger partial charge in [-0.1, -0.05) is 72.4 Å². The fourth-order valence-corrected chi connectivity index (χ4v) is 4.65. The Morgan fingerprint density at radius 1 is 0.967 bits per heavy atom. The minimum absolute atomic E-state index is 0.186. The van der Waals surface area contributed by atoms with Crippen LogP contribution in [-0.4, -0.2) is 57.5 Å².